The van der Waals surface area contributed by atoms with Crippen LogP contribution in [0.5, 0.6) is 23.1 Å². The highest BCUT2D eigenvalue weighted by molar-refractivity contribution is 6.03. The Kier molecular flexibility index (Phi) is 6.84. The maximum atomic E-state index is 13.3. The van der Waals surface area contributed by atoms with Crippen molar-refractivity contribution in [3.63, 3.8) is 0 Å². The van der Waals surface area contributed by atoms with E-state index in [-0.39, 0.29) is 23.4 Å². The van der Waals surface area contributed by atoms with Crippen LogP contribution >= 0.6 is 0 Å². The highest BCUT2D eigenvalue weighted by Gasteiger charge is 2.28. The average Bonchev–Trinajstić information content (AvgIpc) is 3.35. The number of primary amides is 1. The van der Waals surface area contributed by atoms with E-state index in [4.69, 9.17) is 15.2 Å². The van der Waals surface area contributed by atoms with Gasteiger partial charge in [0.2, 0.25) is 5.88 Å². The van der Waals surface area contributed by atoms with E-state index in [0.717, 1.165) is 13.0 Å². The van der Waals surface area contributed by atoms with Gasteiger partial charge in [0.15, 0.2) is 0 Å². The summed E-state index contributed by atoms with van der Waals surface area (Å²) in [6, 6.07) is 13.7. The van der Waals surface area contributed by atoms with Gasteiger partial charge >= 0.3 is 0 Å². The number of nitrogens with one attached hydrogen (secondary N) is 1. The number of pyridine rings is 1. The number of nitrogens with zero attached hydrogens (tertiary/aromatic N) is 2. The smallest absolute Gasteiger partial charge is 0.254 e. The second-order valence-electron chi connectivity index (χ2n) is 7.60. The molecular weight excluding hydrogens is 439 g/mol. The normalized spacial score (nSPS) is 14.9. The Balaban J connectivity index is 1.55. The largest absolute Gasteiger partial charge is 0.457 e. The fourth-order valence-electron chi connectivity index (χ4n) is 3.66. The van der Waals surface area contributed by atoms with Crippen LogP contribution in [0, 0.1) is 5.82 Å². The fourth-order valence-corrected chi connectivity index (χ4v) is 3.66. The lowest BCUT2D eigenvalue weighted by molar-refractivity contribution is -0.114. The molecule has 9 heteroatoms. The Labute approximate surface area is 195 Å². The Morgan fingerprint density at radius 1 is 1.12 bits per heavy atom. The van der Waals surface area contributed by atoms with Gasteiger partial charge in [-0.05, 0) is 61.5 Å². The number of benzene rings is 2. The van der Waals surface area contributed by atoms with E-state index >= 15 is 0 Å². The summed E-state index contributed by atoms with van der Waals surface area (Å²) in [6.07, 6.45) is 3.44. The van der Waals surface area contributed by atoms with Crippen molar-refractivity contribution in [1.29, 1.82) is 0 Å². The third-order valence-electron chi connectivity index (χ3n) is 5.26. The lowest BCUT2D eigenvalue weighted by Crippen LogP contribution is -2.41. The van der Waals surface area contributed by atoms with Gasteiger partial charge in [-0.25, -0.2) is 9.37 Å². The maximum Gasteiger partial charge on any atom is 0.254 e. The van der Waals surface area contributed by atoms with Crippen molar-refractivity contribution in [3.05, 3.63) is 84.8 Å². The molecule has 0 spiro atoms. The number of ether oxygens (including phenoxy) is 2. The van der Waals surface area contributed by atoms with Crippen molar-refractivity contribution in [2.45, 2.75) is 12.5 Å². The van der Waals surface area contributed by atoms with E-state index in [1.807, 2.05) is 0 Å². The molecule has 2 aromatic carbocycles. The monoisotopic (exact) mass is 462 g/mol. The number of carbonyl (C=O) groups excluding carboxylic acids is 2. The predicted molar refractivity (Wildman–Crippen MR) is 125 cm³/mol. The summed E-state index contributed by atoms with van der Waals surface area (Å²) >= 11 is 0. The van der Waals surface area contributed by atoms with Gasteiger partial charge in [-0.1, -0.05) is 12.6 Å². The van der Waals surface area contributed by atoms with E-state index in [1.165, 1.54) is 30.5 Å². The van der Waals surface area contributed by atoms with E-state index in [0.29, 0.717) is 29.5 Å². The summed E-state index contributed by atoms with van der Waals surface area (Å²) < 4.78 is 24.7. The van der Waals surface area contributed by atoms with Gasteiger partial charge in [0.25, 0.3) is 11.8 Å². The van der Waals surface area contributed by atoms with E-state index in [1.54, 1.807) is 41.3 Å². The molecule has 34 heavy (non-hydrogen) atoms. The molecule has 0 radical (unpaired) electrons. The highest BCUT2D eigenvalue weighted by Crippen LogP contribution is 2.30. The molecule has 0 bridgehead atoms. The zero-order valence-corrected chi connectivity index (χ0v) is 18.2. The second-order valence-corrected chi connectivity index (χ2v) is 7.60. The molecule has 8 nitrogen and oxygen atoms in total. The molecule has 1 atom stereocenters. The summed E-state index contributed by atoms with van der Waals surface area (Å²) in [6.45, 7) is 4.97. The molecule has 1 unspecified atom stereocenters. The van der Waals surface area contributed by atoms with Crippen LogP contribution < -0.4 is 25.4 Å². The topological polar surface area (TPSA) is 107 Å². The Morgan fingerprint density at radius 2 is 1.85 bits per heavy atom. The zero-order valence-electron chi connectivity index (χ0n) is 18.2. The van der Waals surface area contributed by atoms with Crippen molar-refractivity contribution in [2.75, 3.05) is 18.0 Å². The van der Waals surface area contributed by atoms with Crippen LogP contribution in [0.1, 0.15) is 16.8 Å². The van der Waals surface area contributed by atoms with Gasteiger partial charge in [-0.3, -0.25) is 9.59 Å². The Hall–Kier alpha value is -4.24. The van der Waals surface area contributed by atoms with Crippen LogP contribution in [0.3, 0.4) is 0 Å². The van der Waals surface area contributed by atoms with Crippen molar-refractivity contribution >= 4 is 17.5 Å². The molecule has 3 N–H and O–H groups in total. The van der Waals surface area contributed by atoms with Crippen LogP contribution in [-0.2, 0) is 4.79 Å². The van der Waals surface area contributed by atoms with E-state index < -0.39 is 11.7 Å². The first-order valence-corrected chi connectivity index (χ1v) is 10.6. The molecule has 1 aromatic heterocycles. The molecule has 0 aliphatic carbocycles. The Morgan fingerprint density at radius 3 is 2.47 bits per heavy atom. The predicted octanol–water partition coefficient (Wildman–Crippen LogP) is 3.79. The molecule has 3 aromatic rings. The van der Waals surface area contributed by atoms with Gasteiger partial charge in [-0.15, -0.1) is 0 Å². The average molecular weight is 462 g/mol. The third kappa shape index (κ3) is 5.21. The van der Waals surface area contributed by atoms with Crippen LogP contribution in [0.25, 0.3) is 0 Å². The number of anilines is 1. The van der Waals surface area contributed by atoms with Crippen LogP contribution in [-0.4, -0.2) is 35.9 Å². The number of rotatable bonds is 8. The fraction of sp³-hybridized carbons (Fsp3) is 0.160. The van der Waals surface area contributed by atoms with Gasteiger partial charge in [0.1, 0.15) is 28.6 Å². The molecule has 4 rings (SSSR count). The molecule has 1 aliphatic rings. The number of hydrogen-bond donors (Lipinski definition) is 2. The number of carbonyl (C=O) groups is 2. The number of hydrogen-bond acceptors (Lipinski definition) is 6. The molecule has 1 fully saturated rings. The van der Waals surface area contributed by atoms with E-state index in [9.17, 15) is 14.0 Å². The minimum atomic E-state index is -0.744. The summed E-state index contributed by atoms with van der Waals surface area (Å²) in [5, 5.41) is 3.21. The second kappa shape index (κ2) is 10.1. The molecular formula is C25H23FN4O4. The summed E-state index contributed by atoms with van der Waals surface area (Å²) in [5.41, 5.74) is 6.04. The maximum absolute atomic E-state index is 13.3. The quantitative estimate of drug-likeness (QED) is 0.494. The van der Waals surface area contributed by atoms with Crippen LogP contribution in [0.15, 0.2) is 73.4 Å². The zero-order chi connectivity index (χ0) is 24.1. The first kappa shape index (κ1) is 22.9. The molecule has 0 saturated carbocycles. The SMILES string of the molecule is C=CC(=O)N(c1cnc(Oc2ccc(Oc3cccc(F)c3)cc2)c(C(N)=O)c1)C1CCNC1. The molecule has 1 saturated heterocycles. The van der Waals surface area contributed by atoms with Crippen molar-refractivity contribution in [2.24, 2.45) is 5.73 Å². The van der Waals surface area contributed by atoms with Crippen molar-refractivity contribution < 1.29 is 23.5 Å². The Bertz CT molecular complexity index is 1210. The van der Waals surface area contributed by atoms with Gasteiger partial charge in [-0.2, -0.15) is 0 Å². The van der Waals surface area contributed by atoms with Crippen molar-refractivity contribution in [3.8, 4) is 23.1 Å². The van der Waals surface area contributed by atoms with Gasteiger partial charge in [0.05, 0.1) is 17.9 Å². The van der Waals surface area contributed by atoms with Gasteiger partial charge < -0.3 is 25.4 Å². The standard InChI is InChI=1S/C25H23FN4O4/c1-2-23(31)30(17-10-11-28-14-17)18-13-22(24(27)32)25(29-15-18)34-20-8-6-19(7-9-20)33-21-5-3-4-16(26)12-21/h2-9,12-13,15,17,28H,1,10-11,14H2,(H2,27,32). The summed E-state index contributed by atoms with van der Waals surface area (Å²) in [7, 11) is 0. The molecule has 2 heterocycles. The number of halogens is 1. The number of amides is 2. The van der Waals surface area contributed by atoms with E-state index in [2.05, 4.69) is 16.9 Å². The highest BCUT2D eigenvalue weighted by atomic mass is 19.1. The molecule has 2 amide bonds. The minimum Gasteiger partial charge on any atom is -0.457 e. The molecule has 1 aliphatic heterocycles. The third-order valence-corrected chi connectivity index (χ3v) is 5.26. The number of nitrogens with two attached hydrogens (primary N) is 1. The van der Waals surface area contributed by atoms with Gasteiger partial charge in [0, 0.05) is 12.6 Å². The first-order chi connectivity index (χ1) is 16.4. The number of aromatic nitrogens is 1. The van der Waals surface area contributed by atoms with Crippen LogP contribution in [0.2, 0.25) is 0 Å². The lowest BCUT2D eigenvalue weighted by Gasteiger charge is -2.27. The molecule has 174 valence electrons. The summed E-state index contributed by atoms with van der Waals surface area (Å²) in [5.74, 6) is -0.222. The lowest BCUT2D eigenvalue weighted by atomic mass is 10.1. The minimum absolute atomic E-state index is 0.00518. The van der Waals surface area contributed by atoms with Crippen molar-refractivity contribution in [1.82, 2.24) is 10.3 Å². The summed E-state index contributed by atoms with van der Waals surface area (Å²) in [4.78, 5) is 30.5. The van der Waals surface area contributed by atoms with Crippen LogP contribution in [0.4, 0.5) is 10.1 Å². The first-order valence-electron chi connectivity index (χ1n) is 10.6.